The summed E-state index contributed by atoms with van der Waals surface area (Å²) in [5.41, 5.74) is 0.0596. The van der Waals surface area contributed by atoms with Crippen LogP contribution in [0.3, 0.4) is 0 Å². The van der Waals surface area contributed by atoms with Crippen molar-refractivity contribution in [2.45, 2.75) is 6.92 Å². The van der Waals surface area contributed by atoms with Gasteiger partial charge in [-0.1, -0.05) is 24.3 Å². The van der Waals surface area contributed by atoms with Crippen molar-refractivity contribution in [1.29, 1.82) is 0 Å². The maximum absolute atomic E-state index is 10.9. The van der Waals surface area contributed by atoms with Gasteiger partial charge >= 0.3 is 5.97 Å². The molecule has 1 N–H and O–H groups in total. The molecule has 1 rings (SSSR count). The van der Waals surface area contributed by atoms with Crippen LogP contribution in [0.2, 0.25) is 5.02 Å². The van der Waals surface area contributed by atoms with Gasteiger partial charge in [-0.25, -0.2) is 4.79 Å². The second-order valence-corrected chi connectivity index (χ2v) is 3.53. The first-order chi connectivity index (χ1) is 8.10. The molecule has 0 aliphatic heterocycles. The average molecular weight is 257 g/mol. The predicted octanol–water partition coefficient (Wildman–Crippen LogP) is 3.00. The maximum atomic E-state index is 10.9. The van der Waals surface area contributed by atoms with E-state index in [2.05, 4.69) is 6.58 Å². The first-order valence-electron chi connectivity index (χ1n) is 5.03. The van der Waals surface area contributed by atoms with Crippen molar-refractivity contribution >= 4 is 17.6 Å². The summed E-state index contributed by atoms with van der Waals surface area (Å²) in [7, 11) is 0. The minimum absolute atomic E-state index is 0.0596. The van der Waals surface area contributed by atoms with E-state index in [1.807, 2.05) is 0 Å². The van der Waals surface area contributed by atoms with Gasteiger partial charge in [0.25, 0.3) is 0 Å². The summed E-state index contributed by atoms with van der Waals surface area (Å²) in [6.45, 7) is 5.98. The molecule has 0 atom stereocenters. The molecule has 0 radical (unpaired) electrons. The van der Waals surface area contributed by atoms with Crippen LogP contribution in [0.15, 0.2) is 24.8 Å². The molecule has 0 saturated carbocycles. The first kappa shape index (κ1) is 13.4. The number of carboxylic acids is 1. The molecule has 0 spiro atoms. The Hall–Kier alpha value is -1.68. The monoisotopic (exact) mass is 256 g/mol. The highest BCUT2D eigenvalue weighted by Gasteiger charge is 2.15. The molecule has 5 heteroatoms. The molecule has 0 heterocycles. The molecule has 17 heavy (non-hydrogen) atoms. The molecule has 0 bridgehead atoms. The zero-order valence-corrected chi connectivity index (χ0v) is 10.2. The number of carbonyl (C=O) groups is 1. The van der Waals surface area contributed by atoms with Gasteiger partial charge in [0.05, 0.1) is 17.2 Å². The SMILES string of the molecule is C=CCOc1c(Cl)cc(C(=O)O)cc1OCC. The molecular weight excluding hydrogens is 244 g/mol. The molecule has 92 valence electrons. The van der Waals surface area contributed by atoms with E-state index in [9.17, 15) is 4.79 Å². The van der Waals surface area contributed by atoms with Crippen molar-refractivity contribution in [2.75, 3.05) is 13.2 Å². The van der Waals surface area contributed by atoms with Crippen LogP contribution >= 0.6 is 11.6 Å². The number of carboxylic acid groups (broad SMARTS) is 1. The van der Waals surface area contributed by atoms with Crippen molar-refractivity contribution < 1.29 is 19.4 Å². The smallest absolute Gasteiger partial charge is 0.335 e. The molecule has 0 aromatic heterocycles. The Morgan fingerprint density at radius 1 is 1.53 bits per heavy atom. The Bertz CT molecular complexity index is 429. The molecule has 0 unspecified atom stereocenters. The minimum atomic E-state index is -1.07. The van der Waals surface area contributed by atoms with Crippen LogP contribution in [0.5, 0.6) is 11.5 Å². The maximum Gasteiger partial charge on any atom is 0.335 e. The largest absolute Gasteiger partial charge is 0.490 e. The normalized spacial score (nSPS) is 9.76. The van der Waals surface area contributed by atoms with E-state index in [1.165, 1.54) is 12.1 Å². The molecule has 4 nitrogen and oxygen atoms in total. The Balaban J connectivity index is 3.17. The van der Waals surface area contributed by atoms with Gasteiger partial charge in [-0.2, -0.15) is 0 Å². The van der Waals surface area contributed by atoms with Crippen LogP contribution in [-0.2, 0) is 0 Å². The molecule has 1 aromatic carbocycles. The molecule has 0 aliphatic carbocycles. The number of benzene rings is 1. The van der Waals surface area contributed by atoms with Gasteiger partial charge in [-0.15, -0.1) is 0 Å². The van der Waals surface area contributed by atoms with E-state index in [4.69, 9.17) is 26.2 Å². The van der Waals surface area contributed by atoms with E-state index in [0.29, 0.717) is 18.1 Å². The van der Waals surface area contributed by atoms with Gasteiger partial charge in [0.1, 0.15) is 6.61 Å². The Labute approximate surface area is 104 Å². The highest BCUT2D eigenvalue weighted by molar-refractivity contribution is 6.32. The second-order valence-electron chi connectivity index (χ2n) is 3.12. The summed E-state index contributed by atoms with van der Waals surface area (Å²) in [6, 6.07) is 2.71. The van der Waals surface area contributed by atoms with E-state index in [-0.39, 0.29) is 17.2 Å². The summed E-state index contributed by atoms with van der Waals surface area (Å²) >= 11 is 5.95. The average Bonchev–Trinajstić information content (AvgIpc) is 2.28. The van der Waals surface area contributed by atoms with Crippen molar-refractivity contribution in [1.82, 2.24) is 0 Å². The fourth-order valence-electron chi connectivity index (χ4n) is 1.24. The van der Waals surface area contributed by atoms with Crippen molar-refractivity contribution in [3.05, 3.63) is 35.4 Å². The van der Waals surface area contributed by atoms with Gasteiger partial charge in [0.15, 0.2) is 11.5 Å². The quantitative estimate of drug-likeness (QED) is 0.795. The zero-order chi connectivity index (χ0) is 12.8. The number of hydrogen-bond acceptors (Lipinski definition) is 3. The highest BCUT2D eigenvalue weighted by Crippen LogP contribution is 2.36. The summed E-state index contributed by atoms with van der Waals surface area (Å²) < 4.78 is 10.6. The Morgan fingerprint density at radius 2 is 2.24 bits per heavy atom. The van der Waals surface area contributed by atoms with Gasteiger partial charge in [0, 0.05) is 0 Å². The summed E-state index contributed by atoms with van der Waals surface area (Å²) in [6.07, 6.45) is 1.57. The fourth-order valence-corrected chi connectivity index (χ4v) is 1.50. The highest BCUT2D eigenvalue weighted by atomic mass is 35.5. The summed E-state index contributed by atoms with van der Waals surface area (Å²) in [4.78, 5) is 10.9. The van der Waals surface area contributed by atoms with Crippen molar-refractivity contribution in [3.8, 4) is 11.5 Å². The molecule has 0 aliphatic rings. The summed E-state index contributed by atoms with van der Waals surface area (Å²) in [5.74, 6) is -0.416. The van der Waals surface area contributed by atoms with Gasteiger partial charge in [0.2, 0.25) is 0 Å². The van der Waals surface area contributed by atoms with Crippen molar-refractivity contribution in [3.63, 3.8) is 0 Å². The zero-order valence-electron chi connectivity index (χ0n) is 9.40. The molecule has 0 amide bonds. The number of ether oxygens (including phenoxy) is 2. The van der Waals surface area contributed by atoms with E-state index < -0.39 is 5.97 Å². The number of aromatic carboxylic acids is 1. The summed E-state index contributed by atoms with van der Waals surface area (Å²) in [5, 5.41) is 9.10. The minimum Gasteiger partial charge on any atom is -0.490 e. The molecular formula is C12H13ClO4. The topological polar surface area (TPSA) is 55.8 Å². The lowest BCUT2D eigenvalue weighted by Crippen LogP contribution is -2.03. The standard InChI is InChI=1S/C12H13ClO4/c1-3-5-17-11-9(13)6-8(12(14)15)7-10(11)16-4-2/h3,6-7H,1,4-5H2,2H3,(H,14,15). The third kappa shape index (κ3) is 3.39. The van der Waals surface area contributed by atoms with Gasteiger partial charge in [-0.3, -0.25) is 0 Å². The van der Waals surface area contributed by atoms with E-state index in [1.54, 1.807) is 13.0 Å². The van der Waals surface area contributed by atoms with Crippen LogP contribution in [0.1, 0.15) is 17.3 Å². The van der Waals surface area contributed by atoms with Crippen molar-refractivity contribution in [2.24, 2.45) is 0 Å². The number of rotatable bonds is 6. The van der Waals surface area contributed by atoms with Crippen LogP contribution in [0.4, 0.5) is 0 Å². The van der Waals surface area contributed by atoms with Crippen LogP contribution < -0.4 is 9.47 Å². The lowest BCUT2D eigenvalue weighted by Gasteiger charge is -2.13. The first-order valence-corrected chi connectivity index (χ1v) is 5.41. The van der Waals surface area contributed by atoms with Gasteiger partial charge < -0.3 is 14.6 Å². The van der Waals surface area contributed by atoms with Gasteiger partial charge in [-0.05, 0) is 19.1 Å². The fraction of sp³-hybridized carbons (Fsp3) is 0.250. The lowest BCUT2D eigenvalue weighted by atomic mass is 10.2. The van der Waals surface area contributed by atoms with Crippen LogP contribution in [0, 0.1) is 0 Å². The van der Waals surface area contributed by atoms with Crippen LogP contribution in [-0.4, -0.2) is 24.3 Å². The van der Waals surface area contributed by atoms with Crippen LogP contribution in [0.25, 0.3) is 0 Å². The molecule has 0 saturated heterocycles. The third-order valence-electron chi connectivity index (χ3n) is 1.90. The third-order valence-corrected chi connectivity index (χ3v) is 2.18. The Kier molecular flexibility index (Phi) is 4.84. The second kappa shape index (κ2) is 6.15. The molecule has 1 aromatic rings. The predicted molar refractivity (Wildman–Crippen MR) is 65.3 cm³/mol. The van der Waals surface area contributed by atoms with E-state index in [0.717, 1.165) is 0 Å². The van der Waals surface area contributed by atoms with E-state index >= 15 is 0 Å². The lowest BCUT2D eigenvalue weighted by molar-refractivity contribution is 0.0696. The number of hydrogen-bond donors (Lipinski definition) is 1. The molecule has 0 fully saturated rings. The Morgan fingerprint density at radius 3 is 2.76 bits per heavy atom. The number of halogens is 1.